The molecule has 6 heteroatoms. The summed E-state index contributed by atoms with van der Waals surface area (Å²) in [5.74, 6) is -0.353. The number of nitrogens with one attached hydrogen (secondary N) is 2. The molecule has 4 fully saturated rings. The lowest BCUT2D eigenvalue weighted by Crippen LogP contribution is -2.62. The highest BCUT2D eigenvalue weighted by Gasteiger charge is 2.43. The molecule has 3 heterocycles. The van der Waals surface area contributed by atoms with E-state index in [0.717, 1.165) is 45.3 Å². The monoisotopic (exact) mass is 281 g/mol. The lowest BCUT2D eigenvalue weighted by atomic mass is 9.84. The van der Waals surface area contributed by atoms with E-state index in [1.54, 1.807) is 0 Å². The summed E-state index contributed by atoms with van der Waals surface area (Å²) in [4.78, 5) is 25.9. The fourth-order valence-corrected chi connectivity index (χ4v) is 3.92. The highest BCUT2D eigenvalue weighted by atomic mass is 16.4. The number of piperidine rings is 3. The molecule has 20 heavy (non-hydrogen) atoms. The third kappa shape index (κ3) is 2.49. The van der Waals surface area contributed by atoms with Crippen LogP contribution in [0.25, 0.3) is 0 Å². The molecule has 0 aromatic heterocycles. The lowest BCUT2D eigenvalue weighted by molar-refractivity contribution is -0.144. The van der Waals surface area contributed by atoms with Crippen molar-refractivity contribution in [2.75, 3.05) is 19.6 Å². The maximum atomic E-state index is 12.1. The van der Waals surface area contributed by atoms with Gasteiger partial charge in [0.1, 0.15) is 5.54 Å². The smallest absolute Gasteiger partial charge is 0.329 e. The molecule has 3 aliphatic heterocycles. The number of carbonyl (C=O) groups excluding carboxylic acids is 1. The Balaban J connectivity index is 1.58. The molecule has 6 nitrogen and oxygen atoms in total. The van der Waals surface area contributed by atoms with Crippen molar-refractivity contribution in [1.82, 2.24) is 15.5 Å². The molecule has 4 rings (SSSR count). The van der Waals surface area contributed by atoms with E-state index < -0.39 is 11.5 Å². The fraction of sp³-hybridized carbons (Fsp3) is 0.857. The molecule has 1 saturated carbocycles. The van der Waals surface area contributed by atoms with Gasteiger partial charge < -0.3 is 20.6 Å². The topological polar surface area (TPSA) is 81.7 Å². The first kappa shape index (κ1) is 13.7. The van der Waals surface area contributed by atoms with Gasteiger partial charge in [0.25, 0.3) is 0 Å². The van der Waals surface area contributed by atoms with Crippen LogP contribution in [0, 0.1) is 5.92 Å². The third-order valence-corrected chi connectivity index (χ3v) is 5.19. The van der Waals surface area contributed by atoms with Gasteiger partial charge in [0.05, 0.1) is 0 Å². The Morgan fingerprint density at radius 2 is 1.80 bits per heavy atom. The van der Waals surface area contributed by atoms with Gasteiger partial charge in [-0.15, -0.1) is 0 Å². The molecule has 2 bridgehead atoms. The fourth-order valence-electron chi connectivity index (χ4n) is 3.92. The number of carbonyl (C=O) groups is 2. The Bertz CT molecular complexity index is 398. The molecular weight excluding hydrogens is 258 g/mol. The maximum absolute atomic E-state index is 12.1. The summed E-state index contributed by atoms with van der Waals surface area (Å²) in [6.45, 7) is 3.16. The van der Waals surface area contributed by atoms with Crippen molar-refractivity contribution >= 4 is 12.0 Å². The van der Waals surface area contributed by atoms with Gasteiger partial charge in [-0.1, -0.05) is 12.8 Å². The molecule has 3 N–H and O–H groups in total. The second-order valence-corrected chi connectivity index (χ2v) is 6.44. The Morgan fingerprint density at radius 1 is 1.15 bits per heavy atom. The molecule has 0 spiro atoms. The van der Waals surface area contributed by atoms with Gasteiger partial charge in [-0.2, -0.15) is 0 Å². The molecule has 0 radical (unpaired) electrons. The summed E-state index contributed by atoms with van der Waals surface area (Å²) in [5, 5.41) is 15.1. The van der Waals surface area contributed by atoms with E-state index in [-0.39, 0.29) is 12.1 Å². The van der Waals surface area contributed by atoms with Crippen molar-refractivity contribution in [3.63, 3.8) is 0 Å². The van der Waals surface area contributed by atoms with E-state index in [4.69, 9.17) is 0 Å². The molecule has 112 valence electrons. The van der Waals surface area contributed by atoms with Crippen molar-refractivity contribution in [3.8, 4) is 0 Å². The Labute approximate surface area is 118 Å². The molecule has 2 amide bonds. The minimum atomic E-state index is -1.04. The SMILES string of the molecule is O=C(NC1CN2CCC1CC2)NC1(C(=O)O)CCCC1. The number of nitrogens with zero attached hydrogens (tertiary/aromatic N) is 1. The maximum Gasteiger partial charge on any atom is 0.329 e. The Kier molecular flexibility index (Phi) is 3.58. The van der Waals surface area contributed by atoms with Crippen LogP contribution in [0.15, 0.2) is 0 Å². The molecule has 1 atom stereocenters. The van der Waals surface area contributed by atoms with E-state index in [9.17, 15) is 14.7 Å². The molecule has 1 unspecified atom stereocenters. The van der Waals surface area contributed by atoms with E-state index in [0.29, 0.717) is 18.8 Å². The van der Waals surface area contributed by atoms with Crippen LogP contribution in [0.5, 0.6) is 0 Å². The highest BCUT2D eigenvalue weighted by Crippen LogP contribution is 2.30. The van der Waals surface area contributed by atoms with Gasteiger partial charge >= 0.3 is 12.0 Å². The Morgan fingerprint density at radius 3 is 2.30 bits per heavy atom. The number of hydrogen-bond donors (Lipinski definition) is 3. The summed E-state index contributed by atoms with van der Waals surface area (Å²) in [5.41, 5.74) is -1.04. The first-order valence-corrected chi connectivity index (χ1v) is 7.63. The number of aliphatic carboxylic acids is 1. The van der Waals surface area contributed by atoms with Crippen LogP contribution >= 0.6 is 0 Å². The number of hydrogen-bond acceptors (Lipinski definition) is 3. The summed E-state index contributed by atoms with van der Waals surface area (Å²) >= 11 is 0. The third-order valence-electron chi connectivity index (χ3n) is 5.19. The lowest BCUT2D eigenvalue weighted by Gasteiger charge is -2.45. The van der Waals surface area contributed by atoms with Crippen LogP contribution < -0.4 is 10.6 Å². The van der Waals surface area contributed by atoms with Gasteiger partial charge in [0.15, 0.2) is 0 Å². The van der Waals surface area contributed by atoms with E-state index in [1.807, 2.05) is 0 Å². The largest absolute Gasteiger partial charge is 0.480 e. The second kappa shape index (κ2) is 5.24. The number of carboxylic acids is 1. The van der Waals surface area contributed by atoms with Crippen LogP contribution in [-0.4, -0.2) is 53.2 Å². The number of fused-ring (bicyclic) bond motifs is 3. The predicted molar refractivity (Wildman–Crippen MR) is 73.5 cm³/mol. The molecule has 3 saturated heterocycles. The minimum Gasteiger partial charge on any atom is -0.480 e. The average molecular weight is 281 g/mol. The Hall–Kier alpha value is -1.30. The highest BCUT2D eigenvalue weighted by molar-refractivity contribution is 5.86. The average Bonchev–Trinajstić information content (AvgIpc) is 2.89. The van der Waals surface area contributed by atoms with Gasteiger partial charge in [-0.3, -0.25) is 0 Å². The molecular formula is C14H23N3O3. The standard InChI is InChI=1S/C14H23N3O3/c18-12(19)14(5-1-2-6-14)16-13(20)15-11-9-17-7-3-10(11)4-8-17/h10-11H,1-9H2,(H,18,19)(H2,15,16,20). The first-order chi connectivity index (χ1) is 9.59. The molecule has 0 aromatic rings. The van der Waals surface area contributed by atoms with Crippen molar-refractivity contribution in [3.05, 3.63) is 0 Å². The quantitative estimate of drug-likeness (QED) is 0.714. The van der Waals surface area contributed by atoms with E-state index in [1.165, 1.54) is 0 Å². The molecule has 1 aliphatic carbocycles. The number of urea groups is 1. The zero-order valence-electron chi connectivity index (χ0n) is 11.7. The molecule has 4 aliphatic rings. The summed E-state index contributed by atoms with van der Waals surface area (Å²) in [6.07, 6.45) is 5.08. The molecule has 0 aromatic carbocycles. The van der Waals surface area contributed by atoms with Crippen molar-refractivity contribution in [2.24, 2.45) is 5.92 Å². The van der Waals surface area contributed by atoms with Crippen molar-refractivity contribution in [1.29, 1.82) is 0 Å². The summed E-state index contributed by atoms with van der Waals surface area (Å²) in [7, 11) is 0. The summed E-state index contributed by atoms with van der Waals surface area (Å²) in [6, 6.07) is -0.141. The zero-order chi connectivity index (χ0) is 14.2. The van der Waals surface area contributed by atoms with Crippen molar-refractivity contribution in [2.45, 2.75) is 50.1 Å². The van der Waals surface area contributed by atoms with Gasteiger partial charge in [-0.25, -0.2) is 9.59 Å². The zero-order valence-corrected chi connectivity index (χ0v) is 11.7. The van der Waals surface area contributed by atoms with Gasteiger partial charge in [0, 0.05) is 12.6 Å². The van der Waals surface area contributed by atoms with Gasteiger partial charge in [-0.05, 0) is 44.7 Å². The van der Waals surface area contributed by atoms with Crippen LogP contribution in [-0.2, 0) is 4.79 Å². The van der Waals surface area contributed by atoms with Crippen LogP contribution in [0.1, 0.15) is 38.5 Å². The van der Waals surface area contributed by atoms with E-state index in [2.05, 4.69) is 15.5 Å². The normalized spacial score (nSPS) is 34.7. The second-order valence-electron chi connectivity index (χ2n) is 6.44. The van der Waals surface area contributed by atoms with E-state index >= 15 is 0 Å². The summed E-state index contributed by atoms with van der Waals surface area (Å²) < 4.78 is 0. The number of amides is 2. The number of carboxylic acid groups (broad SMARTS) is 1. The minimum absolute atomic E-state index is 0.171. The van der Waals surface area contributed by atoms with Gasteiger partial charge in [0.2, 0.25) is 0 Å². The first-order valence-electron chi connectivity index (χ1n) is 7.63. The van der Waals surface area contributed by atoms with Crippen LogP contribution in [0.3, 0.4) is 0 Å². The number of rotatable bonds is 3. The van der Waals surface area contributed by atoms with Crippen LogP contribution in [0.2, 0.25) is 0 Å². The van der Waals surface area contributed by atoms with Crippen molar-refractivity contribution < 1.29 is 14.7 Å². The van der Waals surface area contributed by atoms with Crippen LogP contribution in [0.4, 0.5) is 4.79 Å². The predicted octanol–water partition coefficient (Wildman–Crippen LogP) is 0.777.